The van der Waals surface area contributed by atoms with Gasteiger partial charge in [-0.2, -0.15) is 0 Å². The van der Waals surface area contributed by atoms with E-state index < -0.39 is 30.2 Å². The monoisotopic (exact) mass is 293 g/mol. The van der Waals surface area contributed by atoms with Gasteiger partial charge in [-0.15, -0.1) is 13.2 Å². The molecule has 1 aromatic rings. The Labute approximate surface area is 113 Å². The van der Waals surface area contributed by atoms with Gasteiger partial charge in [0.1, 0.15) is 17.9 Å². The van der Waals surface area contributed by atoms with Gasteiger partial charge in [0.25, 0.3) is 0 Å². The lowest BCUT2D eigenvalue weighted by Crippen LogP contribution is -2.38. The summed E-state index contributed by atoms with van der Waals surface area (Å²) in [5, 5.41) is 9.89. The van der Waals surface area contributed by atoms with Crippen molar-refractivity contribution < 1.29 is 32.5 Å². The third kappa shape index (κ3) is 4.39. The van der Waals surface area contributed by atoms with Crippen molar-refractivity contribution in [3.8, 4) is 5.75 Å². The molecule has 3 N–H and O–H groups in total. The molecule has 0 radical (unpaired) electrons. The first kappa shape index (κ1) is 16.3. The zero-order valence-corrected chi connectivity index (χ0v) is 10.6. The molecule has 0 saturated heterocycles. The van der Waals surface area contributed by atoms with Crippen LogP contribution in [0.2, 0.25) is 0 Å². The molecule has 2 unspecified atom stereocenters. The third-order valence-corrected chi connectivity index (χ3v) is 2.36. The van der Waals surface area contributed by atoms with Crippen molar-refractivity contribution in [2.24, 2.45) is 5.73 Å². The van der Waals surface area contributed by atoms with Crippen molar-refractivity contribution in [2.75, 3.05) is 6.61 Å². The van der Waals surface area contributed by atoms with Crippen LogP contribution >= 0.6 is 0 Å². The summed E-state index contributed by atoms with van der Waals surface area (Å²) in [4.78, 5) is 11.4. The number of carbonyl (C=O) groups excluding carboxylic acids is 1. The van der Waals surface area contributed by atoms with Crippen LogP contribution in [0.25, 0.3) is 0 Å². The summed E-state index contributed by atoms with van der Waals surface area (Å²) in [5.41, 5.74) is 5.21. The van der Waals surface area contributed by atoms with E-state index in [2.05, 4.69) is 9.47 Å². The van der Waals surface area contributed by atoms with Gasteiger partial charge in [0.2, 0.25) is 0 Å². The zero-order chi connectivity index (χ0) is 15.3. The van der Waals surface area contributed by atoms with Crippen LogP contribution < -0.4 is 10.5 Å². The number of para-hydroxylation sites is 1. The number of aliphatic hydroxyl groups is 1. The van der Waals surface area contributed by atoms with E-state index in [4.69, 9.17) is 5.73 Å². The van der Waals surface area contributed by atoms with Gasteiger partial charge in [-0.1, -0.05) is 18.2 Å². The fourth-order valence-corrected chi connectivity index (χ4v) is 1.50. The maximum Gasteiger partial charge on any atom is 0.573 e. The molecule has 2 atom stereocenters. The normalized spacial score (nSPS) is 14.5. The second-order valence-corrected chi connectivity index (χ2v) is 3.81. The molecule has 112 valence electrons. The predicted molar refractivity (Wildman–Crippen MR) is 62.7 cm³/mol. The molecule has 8 heteroatoms. The fraction of sp³-hybridized carbons (Fsp3) is 0.417. The average molecular weight is 293 g/mol. The molecule has 0 amide bonds. The maximum absolute atomic E-state index is 12.2. The highest BCUT2D eigenvalue weighted by molar-refractivity contribution is 5.76. The van der Waals surface area contributed by atoms with E-state index in [-0.39, 0.29) is 12.2 Å². The number of ether oxygens (including phenoxy) is 2. The van der Waals surface area contributed by atoms with Gasteiger partial charge >= 0.3 is 12.3 Å². The van der Waals surface area contributed by atoms with E-state index in [1.807, 2.05) is 0 Å². The number of esters is 1. The van der Waals surface area contributed by atoms with Crippen LogP contribution in [0.15, 0.2) is 24.3 Å². The van der Waals surface area contributed by atoms with Crippen LogP contribution in [0, 0.1) is 0 Å². The molecule has 20 heavy (non-hydrogen) atoms. The van der Waals surface area contributed by atoms with Gasteiger partial charge in [-0.05, 0) is 13.0 Å². The summed E-state index contributed by atoms with van der Waals surface area (Å²) in [5.74, 6) is -1.53. The fourth-order valence-electron chi connectivity index (χ4n) is 1.50. The Bertz CT molecular complexity index is 464. The molecule has 0 heterocycles. The Balaban J connectivity index is 2.98. The minimum Gasteiger partial charge on any atom is -0.465 e. The lowest BCUT2D eigenvalue weighted by atomic mass is 10.0. The molecule has 0 fully saturated rings. The SMILES string of the molecule is CCOC(=O)C(N)C(O)c1ccccc1OC(F)(F)F. The van der Waals surface area contributed by atoms with Crippen molar-refractivity contribution in [2.45, 2.75) is 25.4 Å². The minimum absolute atomic E-state index is 0.0416. The van der Waals surface area contributed by atoms with E-state index in [0.29, 0.717) is 0 Å². The number of hydrogen-bond acceptors (Lipinski definition) is 5. The number of hydrogen-bond donors (Lipinski definition) is 2. The first-order valence-corrected chi connectivity index (χ1v) is 5.71. The van der Waals surface area contributed by atoms with Gasteiger partial charge in [-0.25, -0.2) is 0 Å². The summed E-state index contributed by atoms with van der Waals surface area (Å²) in [6.07, 6.45) is -6.59. The van der Waals surface area contributed by atoms with Crippen molar-refractivity contribution >= 4 is 5.97 Å². The smallest absolute Gasteiger partial charge is 0.465 e. The molecule has 5 nitrogen and oxygen atoms in total. The van der Waals surface area contributed by atoms with Crippen LogP contribution in [0.3, 0.4) is 0 Å². The summed E-state index contributed by atoms with van der Waals surface area (Å²) < 4.78 is 45.1. The standard InChI is InChI=1S/C12H14F3NO4/c1-2-19-11(18)9(16)10(17)7-5-3-4-6-8(7)20-12(13,14)15/h3-6,9-10,17H,2,16H2,1H3. The van der Waals surface area contributed by atoms with Crippen molar-refractivity contribution in [3.05, 3.63) is 29.8 Å². The first-order valence-electron chi connectivity index (χ1n) is 5.71. The molecule has 0 aliphatic carbocycles. The highest BCUT2D eigenvalue weighted by atomic mass is 19.4. The van der Waals surface area contributed by atoms with Crippen LogP contribution in [-0.4, -0.2) is 30.1 Å². The second-order valence-electron chi connectivity index (χ2n) is 3.81. The average Bonchev–Trinajstić information content (AvgIpc) is 2.36. The molecular formula is C12H14F3NO4. The van der Waals surface area contributed by atoms with Gasteiger partial charge in [0.15, 0.2) is 0 Å². The molecule has 1 rings (SSSR count). The molecule has 0 aromatic heterocycles. The van der Waals surface area contributed by atoms with Crippen LogP contribution in [0.1, 0.15) is 18.6 Å². The summed E-state index contributed by atoms with van der Waals surface area (Å²) in [6.45, 7) is 1.58. The molecule has 1 aromatic carbocycles. The molecule has 0 spiro atoms. The predicted octanol–water partition coefficient (Wildman–Crippen LogP) is 1.51. The lowest BCUT2D eigenvalue weighted by molar-refractivity contribution is -0.275. The van der Waals surface area contributed by atoms with E-state index in [1.165, 1.54) is 25.1 Å². The minimum atomic E-state index is -4.91. The Morgan fingerprint density at radius 3 is 2.55 bits per heavy atom. The Morgan fingerprint density at radius 2 is 2.00 bits per heavy atom. The number of halogens is 3. The molecule has 0 aliphatic heterocycles. The highest BCUT2D eigenvalue weighted by Crippen LogP contribution is 2.31. The van der Waals surface area contributed by atoms with Crippen molar-refractivity contribution in [1.29, 1.82) is 0 Å². The van der Waals surface area contributed by atoms with Gasteiger partial charge in [0.05, 0.1) is 6.61 Å². The van der Waals surface area contributed by atoms with E-state index in [9.17, 15) is 23.1 Å². The van der Waals surface area contributed by atoms with Crippen LogP contribution in [0.4, 0.5) is 13.2 Å². The molecule has 0 saturated carbocycles. The van der Waals surface area contributed by atoms with Crippen LogP contribution in [0.5, 0.6) is 5.75 Å². The zero-order valence-electron chi connectivity index (χ0n) is 10.6. The number of aliphatic hydroxyl groups excluding tert-OH is 1. The number of nitrogens with two attached hydrogens (primary N) is 1. The quantitative estimate of drug-likeness (QED) is 0.804. The molecular weight excluding hydrogens is 279 g/mol. The summed E-state index contributed by atoms with van der Waals surface area (Å²) in [7, 11) is 0. The largest absolute Gasteiger partial charge is 0.573 e. The lowest BCUT2D eigenvalue weighted by Gasteiger charge is -2.20. The topological polar surface area (TPSA) is 81.8 Å². The Morgan fingerprint density at radius 1 is 1.40 bits per heavy atom. The Hall–Kier alpha value is -1.80. The Kier molecular flexibility index (Phi) is 5.34. The summed E-state index contributed by atoms with van der Waals surface area (Å²) in [6, 6.07) is 3.38. The number of alkyl halides is 3. The maximum atomic E-state index is 12.2. The second kappa shape index (κ2) is 6.58. The summed E-state index contributed by atoms with van der Waals surface area (Å²) >= 11 is 0. The molecule has 0 aliphatic rings. The third-order valence-electron chi connectivity index (χ3n) is 2.36. The van der Waals surface area contributed by atoms with E-state index in [0.717, 1.165) is 6.07 Å². The van der Waals surface area contributed by atoms with Gasteiger partial charge in [0, 0.05) is 5.56 Å². The van der Waals surface area contributed by atoms with E-state index in [1.54, 1.807) is 0 Å². The van der Waals surface area contributed by atoms with Gasteiger partial charge < -0.3 is 20.3 Å². The van der Waals surface area contributed by atoms with Crippen molar-refractivity contribution in [3.63, 3.8) is 0 Å². The van der Waals surface area contributed by atoms with Crippen molar-refractivity contribution in [1.82, 2.24) is 0 Å². The molecule has 0 bridgehead atoms. The first-order chi connectivity index (χ1) is 9.26. The van der Waals surface area contributed by atoms with E-state index >= 15 is 0 Å². The van der Waals surface area contributed by atoms with Crippen LogP contribution in [-0.2, 0) is 9.53 Å². The van der Waals surface area contributed by atoms with Gasteiger partial charge in [-0.3, -0.25) is 4.79 Å². The number of rotatable bonds is 5. The number of benzene rings is 1. The highest BCUT2D eigenvalue weighted by Gasteiger charge is 2.34. The number of carbonyl (C=O) groups is 1.